The topological polar surface area (TPSA) is 73.2 Å². The van der Waals surface area contributed by atoms with Gasteiger partial charge < -0.3 is 10.1 Å². The number of para-hydroxylation sites is 1. The average molecular weight is 349 g/mol. The highest BCUT2D eigenvalue weighted by Gasteiger charge is 2.20. The van der Waals surface area contributed by atoms with Gasteiger partial charge in [-0.3, -0.25) is 4.79 Å². The zero-order valence-electron chi connectivity index (χ0n) is 14.6. The third kappa shape index (κ3) is 3.80. The van der Waals surface area contributed by atoms with Crippen LogP contribution in [-0.2, 0) is 9.53 Å². The second kappa shape index (κ2) is 7.65. The molecule has 2 aromatic carbocycles. The van der Waals surface area contributed by atoms with Gasteiger partial charge in [-0.05, 0) is 25.1 Å². The number of benzene rings is 2. The van der Waals surface area contributed by atoms with Crippen molar-refractivity contribution in [2.24, 2.45) is 0 Å². The van der Waals surface area contributed by atoms with E-state index >= 15 is 0 Å². The number of aromatic nitrogens is 2. The Bertz CT molecular complexity index is 932. The summed E-state index contributed by atoms with van der Waals surface area (Å²) >= 11 is 0. The Hall–Kier alpha value is -3.41. The maximum Gasteiger partial charge on any atom is 0.342 e. The van der Waals surface area contributed by atoms with Crippen LogP contribution in [0.4, 0.5) is 0 Å². The fourth-order valence-corrected chi connectivity index (χ4v) is 2.52. The van der Waals surface area contributed by atoms with Crippen LogP contribution in [0.25, 0.3) is 16.9 Å². The Kier molecular flexibility index (Phi) is 5.12. The number of carbonyl (C=O) groups excluding carboxylic acids is 2. The number of hydrogen-bond acceptors (Lipinski definition) is 4. The van der Waals surface area contributed by atoms with E-state index in [1.807, 2.05) is 61.5 Å². The number of hydrogen-bond donors (Lipinski definition) is 1. The molecule has 3 rings (SSSR count). The minimum Gasteiger partial charge on any atom is -0.452 e. The van der Waals surface area contributed by atoms with Gasteiger partial charge in [0, 0.05) is 18.8 Å². The molecule has 0 unspecified atom stereocenters. The molecule has 6 heteroatoms. The SMILES string of the molecule is CNC(=O)COC(=O)c1cn(-c2ccccc2)nc1-c1cccc(C)c1. The lowest BCUT2D eigenvalue weighted by molar-refractivity contribution is -0.123. The molecule has 0 saturated carbocycles. The van der Waals surface area contributed by atoms with Crippen LogP contribution in [0.2, 0.25) is 0 Å². The molecule has 0 atom stereocenters. The van der Waals surface area contributed by atoms with Gasteiger partial charge in [-0.15, -0.1) is 0 Å². The average Bonchev–Trinajstić information content (AvgIpc) is 3.12. The molecular formula is C20H19N3O3. The fraction of sp³-hybridized carbons (Fsp3) is 0.150. The quantitative estimate of drug-likeness (QED) is 0.719. The molecular weight excluding hydrogens is 330 g/mol. The van der Waals surface area contributed by atoms with Crippen molar-refractivity contribution in [1.29, 1.82) is 0 Å². The first-order valence-corrected chi connectivity index (χ1v) is 8.18. The van der Waals surface area contributed by atoms with Gasteiger partial charge in [-0.2, -0.15) is 5.10 Å². The lowest BCUT2D eigenvalue weighted by Crippen LogP contribution is -2.25. The predicted octanol–water partition coefficient (Wildman–Crippen LogP) is 2.75. The number of nitrogens with zero attached hydrogens (tertiary/aromatic N) is 2. The second-order valence-corrected chi connectivity index (χ2v) is 5.79. The van der Waals surface area contributed by atoms with Crippen LogP contribution in [0.15, 0.2) is 60.8 Å². The van der Waals surface area contributed by atoms with Gasteiger partial charge in [0.2, 0.25) is 0 Å². The van der Waals surface area contributed by atoms with Crippen molar-refractivity contribution >= 4 is 11.9 Å². The first-order valence-electron chi connectivity index (χ1n) is 8.18. The lowest BCUT2D eigenvalue weighted by Gasteiger charge is -2.04. The molecule has 1 N–H and O–H groups in total. The van der Waals surface area contributed by atoms with E-state index in [2.05, 4.69) is 10.4 Å². The maximum atomic E-state index is 12.5. The third-order valence-electron chi connectivity index (χ3n) is 3.86. The molecule has 1 amide bonds. The molecule has 1 aromatic heterocycles. The van der Waals surface area contributed by atoms with E-state index in [1.54, 1.807) is 10.9 Å². The van der Waals surface area contributed by atoms with Crippen molar-refractivity contribution in [2.75, 3.05) is 13.7 Å². The number of ether oxygens (including phenoxy) is 1. The van der Waals surface area contributed by atoms with Gasteiger partial charge in [0.25, 0.3) is 5.91 Å². The Morgan fingerprint density at radius 1 is 1.12 bits per heavy atom. The van der Waals surface area contributed by atoms with Crippen LogP contribution in [0, 0.1) is 6.92 Å². The standard InChI is InChI=1S/C20H19N3O3/c1-14-7-6-8-15(11-14)19-17(20(25)26-13-18(24)21-2)12-23(22-19)16-9-4-3-5-10-16/h3-12H,13H2,1-2H3,(H,21,24). The summed E-state index contributed by atoms with van der Waals surface area (Å²) in [5.41, 5.74) is 3.52. The van der Waals surface area contributed by atoms with Gasteiger partial charge in [-0.25, -0.2) is 9.48 Å². The Morgan fingerprint density at radius 2 is 1.88 bits per heavy atom. The summed E-state index contributed by atoms with van der Waals surface area (Å²) in [6.07, 6.45) is 1.62. The molecule has 0 fully saturated rings. The number of carbonyl (C=O) groups is 2. The Balaban J connectivity index is 2.02. The summed E-state index contributed by atoms with van der Waals surface area (Å²) in [6, 6.07) is 17.2. The Morgan fingerprint density at radius 3 is 2.58 bits per heavy atom. The maximum absolute atomic E-state index is 12.5. The molecule has 132 valence electrons. The monoisotopic (exact) mass is 349 g/mol. The number of aryl methyl sites for hydroxylation is 1. The molecule has 6 nitrogen and oxygen atoms in total. The number of amides is 1. The summed E-state index contributed by atoms with van der Waals surface area (Å²) < 4.78 is 6.75. The van der Waals surface area contributed by atoms with Gasteiger partial charge >= 0.3 is 5.97 Å². The molecule has 3 aromatic rings. The molecule has 0 radical (unpaired) electrons. The zero-order valence-corrected chi connectivity index (χ0v) is 14.6. The van der Waals surface area contributed by atoms with E-state index in [-0.39, 0.29) is 12.5 Å². The normalized spacial score (nSPS) is 10.4. The first kappa shape index (κ1) is 17.4. The lowest BCUT2D eigenvalue weighted by atomic mass is 10.1. The number of nitrogens with one attached hydrogen (secondary N) is 1. The minimum atomic E-state index is -0.590. The molecule has 0 aliphatic carbocycles. The van der Waals surface area contributed by atoms with Crippen molar-refractivity contribution in [3.63, 3.8) is 0 Å². The summed E-state index contributed by atoms with van der Waals surface area (Å²) in [5.74, 6) is -0.960. The fourth-order valence-electron chi connectivity index (χ4n) is 2.52. The number of esters is 1. The van der Waals surface area contributed by atoms with Gasteiger partial charge in [-0.1, -0.05) is 42.0 Å². The van der Waals surface area contributed by atoms with Crippen LogP contribution >= 0.6 is 0 Å². The summed E-state index contributed by atoms with van der Waals surface area (Å²) in [4.78, 5) is 23.9. The minimum absolute atomic E-state index is 0.309. The van der Waals surface area contributed by atoms with Crippen molar-refractivity contribution in [2.45, 2.75) is 6.92 Å². The third-order valence-corrected chi connectivity index (χ3v) is 3.86. The van der Waals surface area contributed by atoms with Gasteiger partial charge in [0.1, 0.15) is 11.3 Å². The van der Waals surface area contributed by atoms with Crippen LogP contribution in [0.3, 0.4) is 0 Å². The van der Waals surface area contributed by atoms with E-state index in [1.165, 1.54) is 7.05 Å². The smallest absolute Gasteiger partial charge is 0.342 e. The van der Waals surface area contributed by atoms with Crippen LogP contribution < -0.4 is 5.32 Å². The van der Waals surface area contributed by atoms with Gasteiger partial charge in [0.15, 0.2) is 6.61 Å². The van der Waals surface area contributed by atoms with E-state index < -0.39 is 5.97 Å². The van der Waals surface area contributed by atoms with Gasteiger partial charge in [0.05, 0.1) is 5.69 Å². The number of likely N-dealkylation sites (N-methyl/N-ethyl adjacent to an activating group) is 1. The highest BCUT2D eigenvalue weighted by Crippen LogP contribution is 2.25. The van der Waals surface area contributed by atoms with Crippen molar-refractivity contribution in [3.05, 3.63) is 71.9 Å². The van der Waals surface area contributed by atoms with E-state index in [9.17, 15) is 9.59 Å². The van der Waals surface area contributed by atoms with Crippen LogP contribution in [-0.4, -0.2) is 35.3 Å². The predicted molar refractivity (Wildman–Crippen MR) is 98.1 cm³/mol. The molecule has 0 saturated heterocycles. The molecule has 0 spiro atoms. The summed E-state index contributed by atoms with van der Waals surface area (Å²) in [5, 5.41) is 7.00. The van der Waals surface area contributed by atoms with E-state index in [4.69, 9.17) is 4.74 Å². The molecule has 1 heterocycles. The second-order valence-electron chi connectivity index (χ2n) is 5.79. The molecule has 0 aliphatic rings. The Labute approximate surface area is 151 Å². The largest absolute Gasteiger partial charge is 0.452 e. The first-order chi connectivity index (χ1) is 12.6. The van der Waals surface area contributed by atoms with Crippen molar-refractivity contribution < 1.29 is 14.3 Å². The molecule has 0 aliphatic heterocycles. The highest BCUT2D eigenvalue weighted by molar-refractivity contribution is 5.97. The van der Waals surface area contributed by atoms with Crippen LogP contribution in [0.5, 0.6) is 0 Å². The number of rotatable bonds is 5. The van der Waals surface area contributed by atoms with E-state index in [0.717, 1.165) is 16.8 Å². The van der Waals surface area contributed by atoms with E-state index in [0.29, 0.717) is 11.3 Å². The molecule has 26 heavy (non-hydrogen) atoms. The molecule has 0 bridgehead atoms. The summed E-state index contributed by atoms with van der Waals surface area (Å²) in [7, 11) is 1.49. The van der Waals surface area contributed by atoms with Crippen molar-refractivity contribution in [1.82, 2.24) is 15.1 Å². The summed E-state index contributed by atoms with van der Waals surface area (Å²) in [6.45, 7) is 1.64. The van der Waals surface area contributed by atoms with Crippen molar-refractivity contribution in [3.8, 4) is 16.9 Å². The highest BCUT2D eigenvalue weighted by atomic mass is 16.5. The zero-order chi connectivity index (χ0) is 18.5. The van der Waals surface area contributed by atoms with Crippen LogP contribution in [0.1, 0.15) is 15.9 Å².